The van der Waals surface area contributed by atoms with Crippen molar-refractivity contribution < 1.29 is 20.4 Å². The maximum Gasteiger partial charge on any atom is 0.330 e. The molecule has 14 heteroatoms. The lowest BCUT2D eigenvalue weighted by Gasteiger charge is -2.15. The van der Waals surface area contributed by atoms with Gasteiger partial charge in [0.25, 0.3) is 11.1 Å². The minimum absolute atomic E-state index is 0.117. The van der Waals surface area contributed by atoms with Crippen LogP contribution in [0, 0.1) is 0 Å². The first-order valence-electron chi connectivity index (χ1n) is 26.0. The molecule has 0 saturated carbocycles. The van der Waals surface area contributed by atoms with E-state index in [0.717, 1.165) is 55.9 Å². The molecule has 0 fully saturated rings. The fourth-order valence-electron chi connectivity index (χ4n) is 10.4. The Morgan fingerprint density at radius 2 is 0.662 bits per heavy atom. The number of aromatic nitrogens is 6. The van der Waals surface area contributed by atoms with Gasteiger partial charge >= 0.3 is 11.4 Å². The number of benzene rings is 8. The molecule has 80 heavy (non-hydrogen) atoms. The Bertz CT molecular complexity index is 4330. The molecule has 0 bridgehead atoms. The van der Waals surface area contributed by atoms with E-state index >= 15 is 0 Å². The molecule has 0 saturated heterocycles. The zero-order valence-corrected chi connectivity index (χ0v) is 43.2. The van der Waals surface area contributed by atoms with Crippen molar-refractivity contribution >= 4 is 22.1 Å². The van der Waals surface area contributed by atoms with Crippen LogP contribution in [0.5, 0.6) is 23.0 Å². The first kappa shape index (κ1) is 51.5. The molecule has 0 aliphatic rings. The number of nitrogens with zero attached hydrogens (tertiary/aromatic N) is 4. The number of H-pyrrole nitrogens is 2. The maximum absolute atomic E-state index is 14.2. The standard InChI is InChI=1S/2C33H27N3O4/c37-26-15-11-22(12-16-26)19-28-29(25-13-17-27(38)18-14-25)30-31(39)34-33(40)36(21-24-9-5-2-6-10-24)32(30)35(28)20-23-7-3-1-4-8-23;37-26-15-11-22(12-16-26)19-28-29(25-13-17-27(38)18-14-25)30-31(35(28)20-23-7-3-1-4-8-23)34-33(40)36(32(30)39)21-24-9-5-2-6-10-24/h1-18,37-38H,19-21H2,(H,34,39,40);1-18,37-38H,19-21H2,(H,34,40). The van der Waals surface area contributed by atoms with Gasteiger partial charge in [-0.25, -0.2) is 9.59 Å². The average Bonchev–Trinajstić information content (AvgIpc) is 4.06. The summed E-state index contributed by atoms with van der Waals surface area (Å²) in [5.74, 6) is 0.569. The van der Waals surface area contributed by atoms with Crippen molar-refractivity contribution in [2.75, 3.05) is 0 Å². The molecule has 0 atom stereocenters. The number of hydrogen-bond donors (Lipinski definition) is 6. The van der Waals surface area contributed by atoms with Gasteiger partial charge in [-0.3, -0.25) is 28.7 Å². The topological polar surface area (TPSA) is 200 Å². The smallest absolute Gasteiger partial charge is 0.330 e. The van der Waals surface area contributed by atoms with Crippen molar-refractivity contribution in [3.05, 3.63) is 305 Å². The maximum atomic E-state index is 14.2. The van der Waals surface area contributed by atoms with Crippen LogP contribution in [0.4, 0.5) is 0 Å². The highest BCUT2D eigenvalue weighted by atomic mass is 16.3. The third-order valence-electron chi connectivity index (χ3n) is 14.3. The van der Waals surface area contributed by atoms with E-state index in [4.69, 9.17) is 0 Å². The molecule has 4 heterocycles. The zero-order valence-electron chi connectivity index (χ0n) is 43.2. The van der Waals surface area contributed by atoms with Gasteiger partial charge < -0.3 is 29.6 Å². The second-order valence-corrected chi connectivity index (χ2v) is 19.6. The lowest BCUT2D eigenvalue weighted by molar-refractivity contribution is 0.474. The van der Waals surface area contributed by atoms with Crippen molar-refractivity contribution in [2.24, 2.45) is 0 Å². The molecule has 0 spiro atoms. The number of phenols is 4. The molecule has 0 aliphatic carbocycles. The molecule has 8 aromatic carbocycles. The average molecular weight is 1060 g/mol. The summed E-state index contributed by atoms with van der Waals surface area (Å²) in [5, 5.41) is 40.6. The minimum atomic E-state index is -0.485. The van der Waals surface area contributed by atoms with Crippen molar-refractivity contribution in [1.29, 1.82) is 0 Å². The van der Waals surface area contributed by atoms with E-state index in [0.29, 0.717) is 59.1 Å². The molecular weight excluding hydrogens is 1000 g/mol. The van der Waals surface area contributed by atoms with Crippen LogP contribution in [-0.2, 0) is 39.0 Å². The fraction of sp³-hybridized carbons (Fsp3) is 0.0909. The molecular formula is C66H54N6O8. The summed E-state index contributed by atoms with van der Waals surface area (Å²) in [6.07, 6.45) is 0.884. The highest BCUT2D eigenvalue weighted by molar-refractivity contribution is 5.97. The highest BCUT2D eigenvalue weighted by Crippen LogP contribution is 2.38. The molecule has 4 aromatic heterocycles. The van der Waals surface area contributed by atoms with E-state index in [2.05, 4.69) is 14.5 Å². The van der Waals surface area contributed by atoms with Gasteiger partial charge in [0.15, 0.2) is 0 Å². The lowest BCUT2D eigenvalue weighted by atomic mass is 9.99. The van der Waals surface area contributed by atoms with Crippen molar-refractivity contribution in [3.63, 3.8) is 0 Å². The van der Waals surface area contributed by atoms with E-state index in [1.54, 1.807) is 77.4 Å². The van der Waals surface area contributed by atoms with Gasteiger partial charge in [-0.1, -0.05) is 170 Å². The first-order chi connectivity index (χ1) is 38.9. The van der Waals surface area contributed by atoms with Crippen molar-refractivity contribution in [3.8, 4) is 45.3 Å². The Balaban J connectivity index is 0.000000169. The normalized spacial score (nSPS) is 11.2. The second-order valence-electron chi connectivity index (χ2n) is 19.6. The number of nitrogens with one attached hydrogen (secondary N) is 2. The monoisotopic (exact) mass is 1060 g/mol. The molecule has 12 aromatic rings. The summed E-state index contributed by atoms with van der Waals surface area (Å²) < 4.78 is 6.91. The third kappa shape index (κ3) is 10.9. The Morgan fingerprint density at radius 3 is 1.09 bits per heavy atom. The second kappa shape index (κ2) is 22.5. The van der Waals surface area contributed by atoms with Gasteiger partial charge in [0, 0.05) is 48.4 Å². The predicted molar refractivity (Wildman–Crippen MR) is 312 cm³/mol. The van der Waals surface area contributed by atoms with E-state index in [1.165, 1.54) is 4.57 Å². The third-order valence-corrected chi connectivity index (χ3v) is 14.3. The zero-order chi connectivity index (χ0) is 55.3. The van der Waals surface area contributed by atoms with E-state index in [9.17, 15) is 39.6 Å². The summed E-state index contributed by atoms with van der Waals surface area (Å²) in [6.45, 7) is 1.28. The van der Waals surface area contributed by atoms with Crippen molar-refractivity contribution in [2.45, 2.75) is 39.0 Å². The van der Waals surface area contributed by atoms with Crippen LogP contribution in [0.3, 0.4) is 0 Å². The van der Waals surface area contributed by atoms with Crippen molar-refractivity contribution in [1.82, 2.24) is 28.2 Å². The van der Waals surface area contributed by atoms with Crippen LogP contribution in [0.2, 0.25) is 0 Å². The molecule has 0 radical (unpaired) electrons. The SMILES string of the molecule is O=c1[nH]c(=O)n(Cc2ccccc2)c2c1c(-c1ccc(O)cc1)c(Cc1ccc(O)cc1)n2Cc1ccccc1.O=c1[nH]c2c(c(-c3ccc(O)cc3)c(Cc3ccc(O)cc3)n2Cc2ccccc2)c(=O)n1Cc1ccccc1. The number of aromatic amines is 2. The van der Waals surface area contributed by atoms with Crippen LogP contribution >= 0.6 is 0 Å². The van der Waals surface area contributed by atoms with E-state index in [-0.39, 0.29) is 41.6 Å². The van der Waals surface area contributed by atoms with E-state index in [1.807, 2.05) is 150 Å². The Kier molecular flexibility index (Phi) is 14.5. The Morgan fingerprint density at radius 1 is 0.325 bits per heavy atom. The van der Waals surface area contributed by atoms with Gasteiger partial charge in [0.2, 0.25) is 0 Å². The summed E-state index contributed by atoms with van der Waals surface area (Å²) in [6, 6.07) is 66.3. The quantitative estimate of drug-likeness (QED) is 0.0618. The number of phenolic OH excluding ortho intramolecular Hbond substituents is 4. The van der Waals surface area contributed by atoms with Gasteiger partial charge in [-0.15, -0.1) is 0 Å². The van der Waals surface area contributed by atoms with Crippen LogP contribution in [0.15, 0.2) is 238 Å². The Labute approximate surface area is 457 Å². The summed E-state index contributed by atoms with van der Waals surface area (Å²) >= 11 is 0. The van der Waals surface area contributed by atoms with Crippen LogP contribution in [-0.4, -0.2) is 48.7 Å². The predicted octanol–water partition coefficient (Wildman–Crippen LogP) is 10.5. The van der Waals surface area contributed by atoms with Crippen LogP contribution < -0.4 is 22.5 Å². The summed E-state index contributed by atoms with van der Waals surface area (Å²) in [4.78, 5) is 60.2. The van der Waals surface area contributed by atoms with Crippen LogP contribution in [0.1, 0.15) is 44.8 Å². The van der Waals surface area contributed by atoms with Gasteiger partial charge in [-0.2, -0.15) is 0 Å². The van der Waals surface area contributed by atoms with Gasteiger partial charge in [0.05, 0.1) is 23.9 Å². The fourth-order valence-corrected chi connectivity index (χ4v) is 10.4. The van der Waals surface area contributed by atoms with Crippen LogP contribution in [0.25, 0.3) is 44.3 Å². The molecule has 6 N–H and O–H groups in total. The van der Waals surface area contributed by atoms with Gasteiger partial charge in [-0.05, 0) is 93.0 Å². The lowest BCUT2D eigenvalue weighted by Crippen LogP contribution is -2.35. The molecule has 14 nitrogen and oxygen atoms in total. The summed E-state index contributed by atoms with van der Waals surface area (Å²) in [7, 11) is 0. The van der Waals surface area contributed by atoms with E-state index < -0.39 is 16.9 Å². The molecule has 0 aliphatic heterocycles. The largest absolute Gasteiger partial charge is 0.508 e. The molecule has 12 rings (SSSR count). The van der Waals surface area contributed by atoms with Gasteiger partial charge in [0.1, 0.15) is 34.3 Å². The molecule has 0 unspecified atom stereocenters. The number of rotatable bonds is 14. The molecule has 396 valence electrons. The Hall–Kier alpha value is -10.6. The highest BCUT2D eigenvalue weighted by Gasteiger charge is 2.27. The molecule has 0 amide bonds. The number of aromatic hydroxyl groups is 4. The minimum Gasteiger partial charge on any atom is -0.508 e. The summed E-state index contributed by atoms with van der Waals surface area (Å²) in [5.41, 5.74) is 9.38. The first-order valence-corrected chi connectivity index (χ1v) is 26.0. The number of hydrogen-bond acceptors (Lipinski definition) is 8. The number of fused-ring (bicyclic) bond motifs is 2.